The van der Waals surface area contributed by atoms with Gasteiger partial charge in [0.2, 0.25) is 0 Å². The van der Waals surface area contributed by atoms with Gasteiger partial charge in [0.05, 0.1) is 0 Å². The number of rotatable bonds is 8. The van der Waals surface area contributed by atoms with Crippen LogP contribution in [0, 0.1) is 0 Å². The number of benzene rings is 1. The highest BCUT2D eigenvalue weighted by Gasteiger charge is 2.52. The molecule has 0 saturated carbocycles. The summed E-state index contributed by atoms with van der Waals surface area (Å²) in [6, 6.07) is 8.00. The second-order valence-electron chi connectivity index (χ2n) is 5.53. The van der Waals surface area contributed by atoms with E-state index in [0.717, 1.165) is 0 Å². The van der Waals surface area contributed by atoms with Gasteiger partial charge in [-0.3, -0.25) is 15.0 Å². The maximum Gasteiger partial charge on any atom is 0.344 e. The van der Waals surface area contributed by atoms with Gasteiger partial charge < -0.3 is 14.8 Å². The third kappa shape index (κ3) is 3.99. The summed E-state index contributed by atoms with van der Waals surface area (Å²) in [6.45, 7) is 2.89. The van der Waals surface area contributed by atoms with Gasteiger partial charge in [-0.15, -0.1) is 0 Å². The smallest absolute Gasteiger partial charge is 0.344 e. The van der Waals surface area contributed by atoms with Crippen molar-refractivity contribution in [3.63, 3.8) is 0 Å². The topological polar surface area (TPSA) is 114 Å². The van der Waals surface area contributed by atoms with Crippen molar-refractivity contribution in [1.82, 2.24) is 15.8 Å². The zero-order chi connectivity index (χ0) is 19.2. The number of carbonyl (C=O) groups is 4. The van der Waals surface area contributed by atoms with Gasteiger partial charge in [-0.1, -0.05) is 37.3 Å². The Labute approximate surface area is 150 Å². The van der Waals surface area contributed by atoms with Crippen molar-refractivity contribution in [3.8, 4) is 0 Å². The number of ether oxygens (including phenoxy) is 2. The second-order valence-corrected chi connectivity index (χ2v) is 5.53. The molecule has 0 unspecified atom stereocenters. The summed E-state index contributed by atoms with van der Waals surface area (Å²) in [7, 11) is 0. The molecule has 1 atom stereocenters. The van der Waals surface area contributed by atoms with Crippen LogP contribution >= 0.6 is 0 Å². The minimum Gasteiger partial charge on any atom is -0.454 e. The van der Waals surface area contributed by atoms with Gasteiger partial charge in [0.25, 0.3) is 11.8 Å². The van der Waals surface area contributed by atoms with E-state index in [-0.39, 0.29) is 6.61 Å². The van der Waals surface area contributed by atoms with Crippen molar-refractivity contribution >= 4 is 23.8 Å². The number of nitrogens with one attached hydrogen (secondary N) is 2. The molecular formula is C17H21N3O6. The predicted molar refractivity (Wildman–Crippen MR) is 89.4 cm³/mol. The number of esters is 1. The first-order valence-electron chi connectivity index (χ1n) is 8.19. The Bertz CT molecular complexity index is 693. The van der Waals surface area contributed by atoms with Crippen molar-refractivity contribution in [2.45, 2.75) is 25.8 Å². The van der Waals surface area contributed by atoms with Crippen LogP contribution in [0.15, 0.2) is 30.3 Å². The van der Waals surface area contributed by atoms with Crippen LogP contribution in [-0.2, 0) is 29.4 Å². The molecule has 0 aliphatic carbocycles. The Balaban J connectivity index is 2.02. The zero-order valence-electron chi connectivity index (χ0n) is 14.6. The maximum absolute atomic E-state index is 12.8. The Hall–Kier alpha value is -2.94. The molecule has 1 fully saturated rings. The largest absolute Gasteiger partial charge is 0.454 e. The maximum atomic E-state index is 12.8. The first-order valence-corrected chi connectivity index (χ1v) is 8.19. The van der Waals surface area contributed by atoms with Crippen LogP contribution in [0.25, 0.3) is 0 Å². The average Bonchev–Trinajstić information content (AvgIpc) is 2.90. The number of amides is 4. The number of imide groups is 1. The molecule has 26 heavy (non-hydrogen) atoms. The fraction of sp³-hybridized carbons (Fsp3) is 0.412. The fourth-order valence-electron chi connectivity index (χ4n) is 2.57. The molecular weight excluding hydrogens is 342 g/mol. The third-order valence-electron chi connectivity index (χ3n) is 3.91. The van der Waals surface area contributed by atoms with Crippen molar-refractivity contribution in [2.24, 2.45) is 0 Å². The molecule has 0 radical (unpaired) electrons. The Morgan fingerprint density at radius 2 is 1.85 bits per heavy atom. The van der Waals surface area contributed by atoms with Crippen LogP contribution < -0.4 is 10.7 Å². The number of hydrogen-bond donors (Lipinski definition) is 2. The summed E-state index contributed by atoms with van der Waals surface area (Å²) in [5.41, 5.74) is 1.52. The van der Waals surface area contributed by atoms with E-state index in [4.69, 9.17) is 9.47 Å². The normalized spacial score (nSPS) is 19.2. The lowest BCUT2D eigenvalue weighted by molar-refractivity contribution is -0.154. The fourth-order valence-corrected chi connectivity index (χ4v) is 2.57. The van der Waals surface area contributed by atoms with Crippen LogP contribution in [-0.4, -0.2) is 48.6 Å². The van der Waals surface area contributed by atoms with E-state index in [1.54, 1.807) is 44.2 Å². The number of urea groups is 1. The molecule has 1 heterocycles. The Kier molecular flexibility index (Phi) is 6.29. The summed E-state index contributed by atoms with van der Waals surface area (Å²) in [5.74, 6) is -2.13. The lowest BCUT2D eigenvalue weighted by Crippen LogP contribution is -2.49. The van der Waals surface area contributed by atoms with Gasteiger partial charge in [0.15, 0.2) is 6.61 Å². The highest BCUT2D eigenvalue weighted by Crippen LogP contribution is 2.31. The number of hydrazine groups is 1. The quantitative estimate of drug-likeness (QED) is 0.512. The number of hydrogen-bond acceptors (Lipinski definition) is 6. The van der Waals surface area contributed by atoms with Gasteiger partial charge >= 0.3 is 12.0 Å². The molecule has 1 saturated heterocycles. The third-order valence-corrected chi connectivity index (χ3v) is 3.91. The molecule has 2 N–H and O–H groups in total. The van der Waals surface area contributed by atoms with Gasteiger partial charge in [0, 0.05) is 6.61 Å². The first kappa shape index (κ1) is 19.4. The summed E-state index contributed by atoms with van der Waals surface area (Å²) in [6.07, 6.45) is 0.303. The van der Waals surface area contributed by atoms with Gasteiger partial charge in [-0.25, -0.2) is 9.59 Å². The van der Waals surface area contributed by atoms with Gasteiger partial charge in [0.1, 0.15) is 12.1 Å². The Morgan fingerprint density at radius 3 is 2.46 bits per heavy atom. The van der Waals surface area contributed by atoms with Gasteiger partial charge in [-0.05, 0) is 18.9 Å². The van der Waals surface area contributed by atoms with E-state index in [9.17, 15) is 19.2 Å². The van der Waals surface area contributed by atoms with E-state index in [1.807, 2.05) is 0 Å². The molecule has 1 aromatic carbocycles. The monoisotopic (exact) mass is 363 g/mol. The van der Waals surface area contributed by atoms with E-state index >= 15 is 0 Å². The van der Waals surface area contributed by atoms with Crippen LogP contribution in [0.4, 0.5) is 4.79 Å². The second kappa shape index (κ2) is 8.43. The van der Waals surface area contributed by atoms with Crippen LogP contribution in [0.1, 0.15) is 25.8 Å². The van der Waals surface area contributed by atoms with Gasteiger partial charge in [-0.2, -0.15) is 5.01 Å². The van der Waals surface area contributed by atoms with Crippen molar-refractivity contribution < 1.29 is 28.7 Å². The molecule has 1 aliphatic rings. The molecule has 0 bridgehead atoms. The number of nitrogens with zero attached hydrogens (tertiary/aromatic N) is 1. The predicted octanol–water partition coefficient (Wildman–Crippen LogP) is 0.455. The standard InChI is InChI=1S/C17H21N3O6/c1-3-17(12-8-6-5-7-9-12)15(23)20(16(24)18-17)19-13(21)10-26-14(22)11-25-4-2/h5-9H,3-4,10-11H2,1-2H3,(H,18,24)(H,19,21)/t17-/m1/s1. The molecule has 9 nitrogen and oxygen atoms in total. The van der Waals surface area contributed by atoms with E-state index in [1.165, 1.54) is 0 Å². The molecule has 4 amide bonds. The minimum atomic E-state index is -1.25. The zero-order valence-corrected chi connectivity index (χ0v) is 14.6. The first-order chi connectivity index (χ1) is 12.4. The van der Waals surface area contributed by atoms with Crippen LogP contribution in [0.3, 0.4) is 0 Å². The number of carbonyl (C=O) groups excluding carboxylic acids is 4. The lowest BCUT2D eigenvalue weighted by Gasteiger charge is -2.25. The Morgan fingerprint density at radius 1 is 1.15 bits per heavy atom. The highest BCUT2D eigenvalue weighted by molar-refractivity contribution is 6.08. The van der Waals surface area contributed by atoms with Crippen molar-refractivity contribution in [1.29, 1.82) is 0 Å². The summed E-state index contributed by atoms with van der Waals surface area (Å²) >= 11 is 0. The minimum absolute atomic E-state index is 0.278. The molecule has 0 spiro atoms. The highest BCUT2D eigenvalue weighted by atomic mass is 16.6. The van der Waals surface area contributed by atoms with Crippen LogP contribution in [0.2, 0.25) is 0 Å². The molecule has 140 valence electrons. The molecule has 1 aliphatic heterocycles. The molecule has 1 aromatic rings. The summed E-state index contributed by atoms with van der Waals surface area (Å²) in [4.78, 5) is 48.2. The van der Waals surface area contributed by atoms with E-state index in [2.05, 4.69) is 10.7 Å². The van der Waals surface area contributed by atoms with Crippen molar-refractivity contribution in [2.75, 3.05) is 19.8 Å². The van der Waals surface area contributed by atoms with Crippen LogP contribution in [0.5, 0.6) is 0 Å². The molecule has 0 aromatic heterocycles. The lowest BCUT2D eigenvalue weighted by atomic mass is 9.87. The van der Waals surface area contributed by atoms with E-state index in [0.29, 0.717) is 23.6 Å². The summed E-state index contributed by atoms with van der Waals surface area (Å²) in [5, 5.41) is 3.23. The SMILES string of the molecule is CCOCC(=O)OCC(=O)NN1C(=O)N[C@](CC)(c2ccccc2)C1=O. The van der Waals surface area contributed by atoms with E-state index < -0.39 is 36.0 Å². The summed E-state index contributed by atoms with van der Waals surface area (Å²) < 4.78 is 9.56. The molecule has 9 heteroatoms. The van der Waals surface area contributed by atoms with Crippen molar-refractivity contribution in [3.05, 3.63) is 35.9 Å². The molecule has 2 rings (SSSR count). The average molecular weight is 363 g/mol.